The van der Waals surface area contributed by atoms with Gasteiger partial charge in [0.15, 0.2) is 20.5 Å². The molecule has 6 nitrogen and oxygen atoms in total. The zero-order valence-corrected chi connectivity index (χ0v) is 15.0. The molecule has 136 valence electrons. The second-order valence-electron chi connectivity index (χ2n) is 6.06. The molecule has 4 rings (SSSR count). The van der Waals surface area contributed by atoms with E-state index in [0.29, 0.717) is 22.5 Å². The second-order valence-corrected chi connectivity index (χ2v) is 7.99. The third-order valence-electron chi connectivity index (χ3n) is 4.12. The van der Waals surface area contributed by atoms with Crippen molar-refractivity contribution in [1.29, 1.82) is 0 Å². The van der Waals surface area contributed by atoms with E-state index in [1.54, 1.807) is 34.9 Å². The molecule has 0 bridgehead atoms. The number of aromatic nitrogens is 3. The van der Waals surface area contributed by atoms with Crippen molar-refractivity contribution in [3.8, 4) is 28.3 Å². The zero-order valence-electron chi connectivity index (χ0n) is 14.2. The molecule has 2 aromatic heterocycles. The molecule has 0 unspecified atom stereocenters. The van der Waals surface area contributed by atoms with E-state index in [1.807, 2.05) is 0 Å². The first-order valence-corrected chi connectivity index (χ1v) is 9.86. The lowest BCUT2D eigenvalue weighted by Crippen LogP contribution is -2.04. The van der Waals surface area contributed by atoms with Gasteiger partial charge in [-0.3, -0.25) is 4.40 Å². The van der Waals surface area contributed by atoms with Gasteiger partial charge in [-0.2, -0.15) is 0 Å². The van der Waals surface area contributed by atoms with Crippen LogP contribution in [0.4, 0.5) is 4.39 Å². The SMILES string of the molecule is CS(=O)(=O)c1nccn2c(-c3ccc(O)cc3)c(-c3ccc(F)cc3)nc12. The number of sulfone groups is 1. The summed E-state index contributed by atoms with van der Waals surface area (Å²) >= 11 is 0. The molecule has 1 N–H and O–H groups in total. The summed E-state index contributed by atoms with van der Waals surface area (Å²) in [5.41, 5.74) is 2.62. The van der Waals surface area contributed by atoms with E-state index in [0.717, 1.165) is 6.26 Å². The lowest BCUT2D eigenvalue weighted by Gasteiger charge is -2.07. The fourth-order valence-electron chi connectivity index (χ4n) is 2.92. The highest BCUT2D eigenvalue weighted by atomic mass is 32.2. The van der Waals surface area contributed by atoms with E-state index in [4.69, 9.17) is 0 Å². The largest absolute Gasteiger partial charge is 0.508 e. The number of phenols is 1. The maximum Gasteiger partial charge on any atom is 0.198 e. The van der Waals surface area contributed by atoms with Crippen LogP contribution in [0, 0.1) is 5.82 Å². The van der Waals surface area contributed by atoms with Crippen molar-refractivity contribution in [2.75, 3.05) is 6.26 Å². The van der Waals surface area contributed by atoms with Crippen LogP contribution in [0.25, 0.3) is 28.2 Å². The summed E-state index contributed by atoms with van der Waals surface area (Å²) < 4.78 is 39.2. The Bertz CT molecular complexity index is 1250. The van der Waals surface area contributed by atoms with E-state index >= 15 is 0 Å². The highest BCUT2D eigenvalue weighted by Gasteiger charge is 2.22. The summed E-state index contributed by atoms with van der Waals surface area (Å²) in [5.74, 6) is -0.276. The van der Waals surface area contributed by atoms with E-state index in [-0.39, 0.29) is 22.2 Å². The van der Waals surface area contributed by atoms with Crippen LogP contribution < -0.4 is 0 Å². The maximum absolute atomic E-state index is 13.4. The Morgan fingerprint density at radius 1 is 1.00 bits per heavy atom. The average Bonchev–Trinajstić information content (AvgIpc) is 3.01. The maximum atomic E-state index is 13.4. The first kappa shape index (κ1) is 17.2. The predicted octanol–water partition coefficient (Wildman–Crippen LogP) is 3.31. The van der Waals surface area contributed by atoms with E-state index < -0.39 is 9.84 Å². The Hall–Kier alpha value is -3.26. The van der Waals surface area contributed by atoms with Gasteiger partial charge in [0, 0.05) is 29.8 Å². The molecule has 0 spiro atoms. The summed E-state index contributed by atoms with van der Waals surface area (Å²) in [7, 11) is -3.61. The number of nitrogens with zero attached hydrogens (tertiary/aromatic N) is 3. The quantitative estimate of drug-likeness (QED) is 0.587. The molecule has 27 heavy (non-hydrogen) atoms. The molecule has 0 saturated heterocycles. The van der Waals surface area contributed by atoms with Crippen LogP contribution in [0.3, 0.4) is 0 Å². The molecular weight excluding hydrogens is 369 g/mol. The molecular formula is C19H14FN3O3S. The zero-order chi connectivity index (χ0) is 19.2. The van der Waals surface area contributed by atoms with Gasteiger partial charge in [-0.05, 0) is 48.5 Å². The Morgan fingerprint density at radius 3 is 2.26 bits per heavy atom. The first-order valence-electron chi connectivity index (χ1n) is 7.97. The van der Waals surface area contributed by atoms with Crippen LogP contribution >= 0.6 is 0 Å². The third-order valence-corrected chi connectivity index (χ3v) is 5.11. The average molecular weight is 383 g/mol. The fourth-order valence-corrected chi connectivity index (χ4v) is 3.65. The van der Waals surface area contributed by atoms with E-state index in [1.165, 1.54) is 30.5 Å². The van der Waals surface area contributed by atoms with Crippen molar-refractivity contribution in [3.05, 3.63) is 66.7 Å². The number of fused-ring (bicyclic) bond motifs is 1. The van der Waals surface area contributed by atoms with Gasteiger partial charge in [-0.15, -0.1) is 0 Å². The summed E-state index contributed by atoms with van der Waals surface area (Å²) in [6.45, 7) is 0. The molecule has 0 aliphatic carbocycles. The Morgan fingerprint density at radius 2 is 1.63 bits per heavy atom. The van der Waals surface area contributed by atoms with Crippen molar-refractivity contribution in [3.63, 3.8) is 0 Å². The highest BCUT2D eigenvalue weighted by Crippen LogP contribution is 2.34. The predicted molar refractivity (Wildman–Crippen MR) is 98.6 cm³/mol. The summed E-state index contributed by atoms with van der Waals surface area (Å²) in [5, 5.41) is 9.44. The van der Waals surface area contributed by atoms with Crippen molar-refractivity contribution in [2.45, 2.75) is 5.03 Å². The van der Waals surface area contributed by atoms with Crippen molar-refractivity contribution < 1.29 is 17.9 Å². The summed E-state index contributed by atoms with van der Waals surface area (Å²) in [6, 6.07) is 12.2. The van der Waals surface area contributed by atoms with Gasteiger partial charge in [0.05, 0.1) is 11.4 Å². The van der Waals surface area contributed by atoms with Crippen LogP contribution in [0.1, 0.15) is 0 Å². The number of aromatic hydroxyl groups is 1. The van der Waals surface area contributed by atoms with Gasteiger partial charge in [0.25, 0.3) is 0 Å². The Labute approximate surface area is 154 Å². The van der Waals surface area contributed by atoms with Crippen LogP contribution in [0.2, 0.25) is 0 Å². The third kappa shape index (κ3) is 3.04. The number of hydrogen-bond donors (Lipinski definition) is 1. The lowest BCUT2D eigenvalue weighted by atomic mass is 10.0. The minimum atomic E-state index is -3.61. The number of phenolic OH excluding ortho intramolecular Hbond substituents is 1. The molecule has 0 fully saturated rings. The van der Waals surface area contributed by atoms with Crippen molar-refractivity contribution >= 4 is 15.5 Å². The Balaban J connectivity index is 2.10. The van der Waals surface area contributed by atoms with Crippen molar-refractivity contribution in [2.24, 2.45) is 0 Å². The molecule has 2 aromatic carbocycles. The number of imidazole rings is 1. The van der Waals surface area contributed by atoms with Crippen LogP contribution in [0.5, 0.6) is 5.75 Å². The molecule has 0 aliphatic heterocycles. The van der Waals surface area contributed by atoms with E-state index in [9.17, 15) is 17.9 Å². The fraction of sp³-hybridized carbons (Fsp3) is 0.0526. The molecule has 0 radical (unpaired) electrons. The van der Waals surface area contributed by atoms with Gasteiger partial charge in [-0.25, -0.2) is 22.8 Å². The lowest BCUT2D eigenvalue weighted by molar-refractivity contribution is 0.475. The van der Waals surface area contributed by atoms with Crippen molar-refractivity contribution in [1.82, 2.24) is 14.4 Å². The topological polar surface area (TPSA) is 84.6 Å². The number of halogens is 1. The minimum Gasteiger partial charge on any atom is -0.508 e. The summed E-state index contributed by atoms with van der Waals surface area (Å²) in [6.07, 6.45) is 4.08. The smallest absolute Gasteiger partial charge is 0.198 e. The first-order chi connectivity index (χ1) is 12.8. The van der Waals surface area contributed by atoms with Gasteiger partial charge < -0.3 is 5.11 Å². The second kappa shape index (κ2) is 6.17. The number of benzene rings is 2. The molecule has 0 aliphatic rings. The normalized spacial score (nSPS) is 11.8. The number of hydrogen-bond acceptors (Lipinski definition) is 5. The standard InChI is InChI=1S/C19H14FN3O3S/c1-27(25,26)19-18-22-16(12-2-6-14(20)7-3-12)17(23(18)11-10-21-19)13-4-8-15(24)9-5-13/h2-11,24H,1H3. The molecule has 0 atom stereocenters. The van der Waals surface area contributed by atoms with Gasteiger partial charge in [0.1, 0.15) is 11.6 Å². The molecule has 2 heterocycles. The van der Waals surface area contributed by atoms with Crippen LogP contribution in [-0.4, -0.2) is 34.1 Å². The molecule has 0 saturated carbocycles. The van der Waals surface area contributed by atoms with Crippen LogP contribution in [0.15, 0.2) is 66.0 Å². The van der Waals surface area contributed by atoms with Crippen LogP contribution in [-0.2, 0) is 9.84 Å². The minimum absolute atomic E-state index is 0.106. The number of rotatable bonds is 3. The van der Waals surface area contributed by atoms with Gasteiger partial charge in [-0.1, -0.05) is 0 Å². The molecule has 4 aromatic rings. The highest BCUT2D eigenvalue weighted by molar-refractivity contribution is 7.90. The van der Waals surface area contributed by atoms with E-state index in [2.05, 4.69) is 9.97 Å². The molecule has 8 heteroatoms. The summed E-state index contributed by atoms with van der Waals surface area (Å²) in [4.78, 5) is 8.49. The van der Waals surface area contributed by atoms with Gasteiger partial charge >= 0.3 is 0 Å². The van der Waals surface area contributed by atoms with Gasteiger partial charge in [0.2, 0.25) is 0 Å². The molecule has 0 amide bonds. The Kier molecular flexibility index (Phi) is 3.92. The monoisotopic (exact) mass is 383 g/mol.